The van der Waals surface area contributed by atoms with Crippen LogP contribution in [0.5, 0.6) is 11.5 Å². The Bertz CT molecular complexity index is 810. The average molecular weight is 368 g/mol. The number of hydrogen-bond donors (Lipinski definition) is 0. The molecule has 4 nitrogen and oxygen atoms in total. The summed E-state index contributed by atoms with van der Waals surface area (Å²) in [6, 6.07) is 13.4. The second-order valence-electron chi connectivity index (χ2n) is 7.65. The van der Waals surface area contributed by atoms with Gasteiger partial charge in [0.1, 0.15) is 23.9 Å². The van der Waals surface area contributed by atoms with E-state index in [0.717, 1.165) is 50.7 Å². The normalized spacial score (nSPS) is 23.5. The van der Waals surface area contributed by atoms with Crippen LogP contribution in [0.4, 0.5) is 10.1 Å². The third-order valence-electron chi connectivity index (χ3n) is 6.07. The molecule has 27 heavy (non-hydrogen) atoms. The molecular weight excluding hydrogens is 343 g/mol. The molecule has 3 aliphatic heterocycles. The number of anilines is 1. The van der Waals surface area contributed by atoms with Gasteiger partial charge in [0.2, 0.25) is 0 Å². The Morgan fingerprint density at radius 2 is 2.00 bits per heavy atom. The number of para-hydroxylation sites is 1. The second kappa shape index (κ2) is 7.04. The summed E-state index contributed by atoms with van der Waals surface area (Å²) in [7, 11) is 0. The molecule has 0 N–H and O–H groups in total. The number of likely N-dealkylation sites (tertiary alicyclic amines) is 1. The molecule has 0 radical (unpaired) electrons. The van der Waals surface area contributed by atoms with Crippen LogP contribution in [0, 0.1) is 5.82 Å². The van der Waals surface area contributed by atoms with E-state index in [4.69, 9.17) is 9.47 Å². The van der Waals surface area contributed by atoms with Crippen molar-refractivity contribution in [3.63, 3.8) is 0 Å². The van der Waals surface area contributed by atoms with E-state index in [-0.39, 0.29) is 5.82 Å². The largest absolute Gasteiger partial charge is 0.494 e. The first kappa shape index (κ1) is 16.9. The van der Waals surface area contributed by atoms with E-state index < -0.39 is 0 Å². The van der Waals surface area contributed by atoms with Crippen molar-refractivity contribution in [1.29, 1.82) is 0 Å². The summed E-state index contributed by atoms with van der Waals surface area (Å²) >= 11 is 0. The molecule has 142 valence electrons. The van der Waals surface area contributed by atoms with E-state index in [1.165, 1.54) is 29.8 Å². The van der Waals surface area contributed by atoms with E-state index in [9.17, 15) is 4.39 Å². The third-order valence-corrected chi connectivity index (χ3v) is 6.07. The summed E-state index contributed by atoms with van der Waals surface area (Å²) in [6.07, 6.45) is 2.19. The van der Waals surface area contributed by atoms with Gasteiger partial charge in [-0.25, -0.2) is 4.39 Å². The molecule has 5 heteroatoms. The summed E-state index contributed by atoms with van der Waals surface area (Å²) in [5, 5.41) is 0. The Morgan fingerprint density at radius 1 is 1.11 bits per heavy atom. The van der Waals surface area contributed by atoms with E-state index in [0.29, 0.717) is 18.6 Å². The smallest absolute Gasteiger partial charge is 0.142 e. The predicted octanol–water partition coefficient (Wildman–Crippen LogP) is 3.67. The zero-order chi connectivity index (χ0) is 18.2. The van der Waals surface area contributed by atoms with Crippen molar-refractivity contribution in [2.24, 2.45) is 0 Å². The Labute approximate surface area is 159 Å². The fraction of sp³-hybridized carbons (Fsp3) is 0.455. The zero-order valence-electron chi connectivity index (χ0n) is 15.4. The maximum Gasteiger partial charge on any atom is 0.142 e. The highest BCUT2D eigenvalue weighted by Crippen LogP contribution is 2.50. The highest BCUT2D eigenvalue weighted by Gasteiger charge is 2.44. The van der Waals surface area contributed by atoms with Gasteiger partial charge in [0.25, 0.3) is 0 Å². The highest BCUT2D eigenvalue weighted by molar-refractivity contribution is 5.71. The lowest BCUT2D eigenvalue weighted by atomic mass is 9.89. The Kier molecular flexibility index (Phi) is 4.40. The van der Waals surface area contributed by atoms with Crippen molar-refractivity contribution in [3.8, 4) is 11.5 Å². The monoisotopic (exact) mass is 368 g/mol. The topological polar surface area (TPSA) is 24.9 Å². The minimum atomic E-state index is -0.228. The first-order valence-electron chi connectivity index (χ1n) is 9.93. The van der Waals surface area contributed by atoms with Gasteiger partial charge in [-0.3, -0.25) is 0 Å². The lowest BCUT2D eigenvalue weighted by Crippen LogP contribution is -2.48. The van der Waals surface area contributed by atoms with Crippen molar-refractivity contribution in [2.45, 2.75) is 24.8 Å². The molecule has 1 saturated heterocycles. The molecule has 0 bridgehead atoms. The van der Waals surface area contributed by atoms with Gasteiger partial charge in [0.15, 0.2) is 0 Å². The molecule has 5 rings (SSSR count). The summed E-state index contributed by atoms with van der Waals surface area (Å²) < 4.78 is 24.6. The van der Waals surface area contributed by atoms with Crippen molar-refractivity contribution < 1.29 is 13.9 Å². The minimum absolute atomic E-state index is 0.228. The average Bonchev–Trinajstić information content (AvgIpc) is 3.02. The zero-order valence-corrected chi connectivity index (χ0v) is 15.4. The predicted molar refractivity (Wildman–Crippen MR) is 103 cm³/mol. The Morgan fingerprint density at radius 3 is 2.89 bits per heavy atom. The summed E-state index contributed by atoms with van der Waals surface area (Å²) in [5.41, 5.74) is 2.81. The molecule has 2 atom stereocenters. The van der Waals surface area contributed by atoms with Crippen LogP contribution in [0.3, 0.4) is 0 Å². The van der Waals surface area contributed by atoms with Crippen LogP contribution in [0.25, 0.3) is 0 Å². The van der Waals surface area contributed by atoms with Crippen molar-refractivity contribution >= 4 is 5.69 Å². The van der Waals surface area contributed by atoms with Gasteiger partial charge < -0.3 is 19.3 Å². The summed E-state index contributed by atoms with van der Waals surface area (Å²) in [5.74, 6) is 2.15. The van der Waals surface area contributed by atoms with Crippen LogP contribution in [0.15, 0.2) is 42.5 Å². The molecule has 3 heterocycles. The lowest BCUT2D eigenvalue weighted by molar-refractivity contribution is 0.175. The first-order chi connectivity index (χ1) is 13.3. The number of ether oxygens (including phenoxy) is 2. The van der Waals surface area contributed by atoms with Gasteiger partial charge in [-0.15, -0.1) is 0 Å². The van der Waals surface area contributed by atoms with E-state index in [1.807, 2.05) is 0 Å². The molecule has 0 saturated carbocycles. The lowest BCUT2D eigenvalue weighted by Gasteiger charge is -2.40. The van der Waals surface area contributed by atoms with Crippen molar-refractivity contribution in [3.05, 3.63) is 53.8 Å². The van der Waals surface area contributed by atoms with Gasteiger partial charge >= 0.3 is 0 Å². The van der Waals surface area contributed by atoms with Crippen LogP contribution in [-0.4, -0.2) is 50.3 Å². The SMILES string of the molecule is Fc1ccc(OCCCN2CCC3C(C2)c2cccc4c2N3CCO4)cc1. The quantitative estimate of drug-likeness (QED) is 0.752. The van der Waals surface area contributed by atoms with Gasteiger partial charge in [-0.05, 0) is 48.7 Å². The molecule has 0 aliphatic carbocycles. The van der Waals surface area contributed by atoms with E-state index >= 15 is 0 Å². The van der Waals surface area contributed by atoms with E-state index in [1.54, 1.807) is 12.1 Å². The van der Waals surface area contributed by atoms with Gasteiger partial charge in [-0.1, -0.05) is 12.1 Å². The Balaban J connectivity index is 1.18. The number of piperidine rings is 1. The first-order valence-corrected chi connectivity index (χ1v) is 9.93. The highest BCUT2D eigenvalue weighted by atomic mass is 19.1. The van der Waals surface area contributed by atoms with Crippen LogP contribution < -0.4 is 14.4 Å². The number of hydrogen-bond acceptors (Lipinski definition) is 4. The molecule has 2 aromatic rings. The number of nitrogens with zero attached hydrogens (tertiary/aromatic N) is 2. The molecule has 2 aromatic carbocycles. The van der Waals surface area contributed by atoms with Gasteiger partial charge in [-0.2, -0.15) is 0 Å². The molecular formula is C22H25FN2O2. The molecule has 1 fully saturated rings. The molecule has 2 unspecified atom stereocenters. The fourth-order valence-corrected chi connectivity index (χ4v) is 4.86. The van der Waals surface area contributed by atoms with Crippen LogP contribution in [0.2, 0.25) is 0 Å². The van der Waals surface area contributed by atoms with Crippen LogP contribution in [-0.2, 0) is 0 Å². The standard InChI is InChI=1S/C22H25FN2O2/c23-16-5-7-17(8-6-16)26-13-2-10-24-11-9-20-19(15-24)18-3-1-4-21-22(18)25(20)12-14-27-21/h1,3-8,19-20H,2,9-15H2. The van der Waals surface area contributed by atoms with Crippen LogP contribution in [0.1, 0.15) is 24.3 Å². The fourth-order valence-electron chi connectivity index (χ4n) is 4.86. The van der Waals surface area contributed by atoms with Gasteiger partial charge in [0, 0.05) is 31.6 Å². The van der Waals surface area contributed by atoms with Crippen molar-refractivity contribution in [2.75, 3.05) is 44.3 Å². The number of rotatable bonds is 5. The van der Waals surface area contributed by atoms with E-state index in [2.05, 4.69) is 28.0 Å². The van der Waals surface area contributed by atoms with Crippen LogP contribution >= 0.6 is 0 Å². The second-order valence-corrected chi connectivity index (χ2v) is 7.65. The number of fused-ring (bicyclic) bond motifs is 3. The maximum atomic E-state index is 12.9. The number of halogens is 1. The third kappa shape index (κ3) is 3.14. The maximum absolute atomic E-state index is 12.9. The minimum Gasteiger partial charge on any atom is -0.494 e. The van der Waals surface area contributed by atoms with Gasteiger partial charge in [0.05, 0.1) is 18.8 Å². The molecule has 0 amide bonds. The summed E-state index contributed by atoms with van der Waals surface area (Å²) in [6.45, 7) is 5.75. The number of benzene rings is 2. The molecule has 3 aliphatic rings. The summed E-state index contributed by atoms with van der Waals surface area (Å²) in [4.78, 5) is 5.15. The molecule has 0 aromatic heterocycles. The Hall–Kier alpha value is -2.27. The molecule has 0 spiro atoms. The van der Waals surface area contributed by atoms with Crippen molar-refractivity contribution in [1.82, 2.24) is 4.90 Å².